The molecule has 1 aromatic rings. The Morgan fingerprint density at radius 2 is 1.83 bits per heavy atom. The van der Waals surface area contributed by atoms with E-state index in [0.717, 1.165) is 47.9 Å². The molecule has 2 aliphatic heterocycles. The fraction of sp³-hybridized carbons (Fsp3) is 0.579. The molecule has 4 nitrogen and oxygen atoms in total. The second kappa shape index (κ2) is 4.83. The number of rotatable bonds is 2. The molecule has 5 atom stereocenters. The van der Waals surface area contributed by atoms with Crippen LogP contribution in [-0.2, 0) is 4.79 Å². The van der Waals surface area contributed by atoms with E-state index in [9.17, 15) is 9.59 Å². The summed E-state index contributed by atoms with van der Waals surface area (Å²) in [4.78, 5) is 26.8. The zero-order valence-electron chi connectivity index (χ0n) is 13.2. The van der Waals surface area contributed by atoms with Gasteiger partial charge in [-0.15, -0.1) is 0 Å². The average molecular weight is 310 g/mol. The molecule has 2 heterocycles. The predicted molar refractivity (Wildman–Crippen MR) is 85.7 cm³/mol. The van der Waals surface area contributed by atoms with Crippen LogP contribution in [0.15, 0.2) is 24.3 Å². The van der Waals surface area contributed by atoms with E-state index >= 15 is 0 Å². The molecule has 0 radical (unpaired) electrons. The van der Waals surface area contributed by atoms with E-state index in [4.69, 9.17) is 0 Å². The Kier molecular flexibility index (Phi) is 2.85. The summed E-state index contributed by atoms with van der Waals surface area (Å²) in [6, 6.07) is 7.47. The molecular formula is C19H22N2O2. The Morgan fingerprint density at radius 1 is 1.13 bits per heavy atom. The van der Waals surface area contributed by atoms with Crippen LogP contribution in [0.25, 0.3) is 0 Å². The molecule has 4 heteroatoms. The third-order valence-corrected chi connectivity index (χ3v) is 6.75. The summed E-state index contributed by atoms with van der Waals surface area (Å²) in [6.07, 6.45) is 4.56. The number of hydrogen-bond acceptors (Lipinski definition) is 2. The highest BCUT2D eigenvalue weighted by Gasteiger charge is 2.52. The zero-order chi connectivity index (χ0) is 15.6. The Labute approximate surface area is 136 Å². The molecular weight excluding hydrogens is 288 g/mol. The normalized spacial score (nSPS) is 37.0. The van der Waals surface area contributed by atoms with Crippen molar-refractivity contribution in [1.82, 2.24) is 10.2 Å². The molecule has 2 aliphatic carbocycles. The second-order valence-electron chi connectivity index (χ2n) is 7.78. The molecule has 1 N–H and O–H groups in total. The van der Waals surface area contributed by atoms with E-state index in [1.807, 2.05) is 24.3 Å². The first-order valence-corrected chi connectivity index (χ1v) is 8.88. The molecule has 4 aliphatic rings. The second-order valence-corrected chi connectivity index (χ2v) is 7.78. The summed E-state index contributed by atoms with van der Waals surface area (Å²) in [5.41, 5.74) is 1.70. The van der Waals surface area contributed by atoms with Crippen molar-refractivity contribution in [3.63, 3.8) is 0 Å². The quantitative estimate of drug-likeness (QED) is 0.911. The number of carbonyl (C=O) groups excluding carboxylic acids is 2. The predicted octanol–water partition coefficient (Wildman–Crippen LogP) is 2.37. The van der Waals surface area contributed by atoms with Crippen molar-refractivity contribution < 1.29 is 9.59 Å². The molecule has 23 heavy (non-hydrogen) atoms. The first-order chi connectivity index (χ1) is 11.2. The lowest BCUT2D eigenvalue weighted by atomic mass is 9.82. The smallest absolute Gasteiger partial charge is 0.252 e. The summed E-state index contributed by atoms with van der Waals surface area (Å²) in [6.45, 7) is 1.90. The largest absolute Gasteiger partial charge is 0.345 e. The zero-order valence-corrected chi connectivity index (χ0v) is 13.2. The van der Waals surface area contributed by atoms with Crippen LogP contribution >= 0.6 is 0 Å². The maximum atomic E-state index is 12.8. The summed E-state index contributed by atoms with van der Waals surface area (Å²) in [7, 11) is 0. The van der Waals surface area contributed by atoms with Crippen LogP contribution in [0.1, 0.15) is 47.6 Å². The van der Waals surface area contributed by atoms with Gasteiger partial charge in [0.2, 0.25) is 5.91 Å². The summed E-state index contributed by atoms with van der Waals surface area (Å²) < 4.78 is 0. The SMILES string of the molecule is O=C1N[C@@H](CC(=O)N2C[C@@H]3[C@@H]4CC[C@@H](C4)[C@@H]3C2)c2ccccc21. The molecule has 2 bridgehead atoms. The van der Waals surface area contributed by atoms with Crippen LogP contribution < -0.4 is 5.32 Å². The van der Waals surface area contributed by atoms with E-state index in [-0.39, 0.29) is 17.9 Å². The highest BCUT2D eigenvalue weighted by molar-refractivity contribution is 5.99. The van der Waals surface area contributed by atoms with Gasteiger partial charge >= 0.3 is 0 Å². The third-order valence-electron chi connectivity index (χ3n) is 6.75. The molecule has 3 fully saturated rings. The molecule has 2 amide bonds. The Balaban J connectivity index is 1.29. The van der Waals surface area contributed by atoms with E-state index in [0.29, 0.717) is 6.42 Å². The van der Waals surface area contributed by atoms with Crippen molar-refractivity contribution in [2.45, 2.75) is 31.7 Å². The molecule has 1 saturated heterocycles. The monoisotopic (exact) mass is 310 g/mol. The van der Waals surface area contributed by atoms with Crippen molar-refractivity contribution in [3.05, 3.63) is 35.4 Å². The molecule has 0 aromatic heterocycles. The van der Waals surface area contributed by atoms with Gasteiger partial charge in [-0.25, -0.2) is 0 Å². The van der Waals surface area contributed by atoms with E-state index < -0.39 is 0 Å². The van der Waals surface area contributed by atoms with Crippen LogP contribution in [-0.4, -0.2) is 29.8 Å². The molecule has 0 spiro atoms. The number of benzene rings is 1. The van der Waals surface area contributed by atoms with Gasteiger partial charge < -0.3 is 10.2 Å². The van der Waals surface area contributed by atoms with E-state index in [2.05, 4.69) is 10.2 Å². The maximum absolute atomic E-state index is 12.8. The van der Waals surface area contributed by atoms with Crippen molar-refractivity contribution in [2.24, 2.45) is 23.7 Å². The van der Waals surface area contributed by atoms with Crippen molar-refractivity contribution in [2.75, 3.05) is 13.1 Å². The number of hydrogen-bond donors (Lipinski definition) is 1. The summed E-state index contributed by atoms with van der Waals surface area (Å²) in [5.74, 6) is 3.41. The topological polar surface area (TPSA) is 49.4 Å². The van der Waals surface area contributed by atoms with E-state index in [1.165, 1.54) is 19.3 Å². The minimum Gasteiger partial charge on any atom is -0.345 e. The first-order valence-electron chi connectivity index (χ1n) is 8.88. The number of nitrogens with one attached hydrogen (secondary N) is 1. The number of likely N-dealkylation sites (tertiary alicyclic amines) is 1. The lowest BCUT2D eigenvalue weighted by Gasteiger charge is -2.22. The van der Waals surface area contributed by atoms with Crippen LogP contribution in [0.2, 0.25) is 0 Å². The fourth-order valence-corrected chi connectivity index (χ4v) is 5.67. The van der Waals surface area contributed by atoms with Gasteiger partial charge in [0, 0.05) is 18.7 Å². The number of amides is 2. The Bertz CT molecular complexity index is 668. The van der Waals surface area contributed by atoms with Crippen LogP contribution in [0.4, 0.5) is 0 Å². The lowest BCUT2D eigenvalue weighted by molar-refractivity contribution is -0.131. The van der Waals surface area contributed by atoms with Gasteiger partial charge in [0.1, 0.15) is 0 Å². The summed E-state index contributed by atoms with van der Waals surface area (Å²) in [5, 5.41) is 2.97. The van der Waals surface area contributed by atoms with Gasteiger partial charge in [0.15, 0.2) is 0 Å². The lowest BCUT2D eigenvalue weighted by Crippen LogP contribution is -2.33. The number of carbonyl (C=O) groups is 2. The van der Waals surface area contributed by atoms with Gasteiger partial charge in [-0.3, -0.25) is 9.59 Å². The molecule has 5 rings (SSSR count). The first kappa shape index (κ1) is 13.6. The third kappa shape index (κ3) is 1.97. The van der Waals surface area contributed by atoms with Crippen LogP contribution in [0.5, 0.6) is 0 Å². The van der Waals surface area contributed by atoms with Crippen LogP contribution in [0, 0.1) is 23.7 Å². The number of fused-ring (bicyclic) bond motifs is 6. The minimum absolute atomic E-state index is 0.0465. The van der Waals surface area contributed by atoms with Gasteiger partial charge in [0.25, 0.3) is 5.91 Å². The van der Waals surface area contributed by atoms with Gasteiger partial charge in [-0.05, 0) is 54.6 Å². The van der Waals surface area contributed by atoms with Crippen LogP contribution in [0.3, 0.4) is 0 Å². The Hall–Kier alpha value is -1.84. The van der Waals surface area contributed by atoms with Gasteiger partial charge in [-0.2, -0.15) is 0 Å². The minimum atomic E-state index is -0.150. The standard InChI is InChI=1S/C19H22N2O2/c22-18(8-17-13-3-1-2-4-14(13)19(23)20-17)21-9-15-11-5-6-12(7-11)16(15)10-21/h1-4,11-12,15-17H,5-10H2,(H,20,23)/t11-,12+,15-,16+,17-/m0/s1. The maximum Gasteiger partial charge on any atom is 0.252 e. The number of nitrogens with zero attached hydrogens (tertiary/aromatic N) is 1. The van der Waals surface area contributed by atoms with Gasteiger partial charge in [-0.1, -0.05) is 18.2 Å². The molecule has 120 valence electrons. The highest BCUT2D eigenvalue weighted by Crippen LogP contribution is 2.55. The summed E-state index contributed by atoms with van der Waals surface area (Å²) >= 11 is 0. The average Bonchev–Trinajstić information content (AvgIpc) is 3.29. The molecule has 2 saturated carbocycles. The fourth-order valence-electron chi connectivity index (χ4n) is 5.67. The molecule has 1 aromatic carbocycles. The molecule has 0 unspecified atom stereocenters. The Morgan fingerprint density at radius 3 is 2.57 bits per heavy atom. The van der Waals surface area contributed by atoms with Gasteiger partial charge in [0.05, 0.1) is 12.5 Å². The van der Waals surface area contributed by atoms with Crippen molar-refractivity contribution >= 4 is 11.8 Å². The van der Waals surface area contributed by atoms with Crippen molar-refractivity contribution in [1.29, 1.82) is 0 Å². The highest BCUT2D eigenvalue weighted by atomic mass is 16.2. The van der Waals surface area contributed by atoms with Crippen molar-refractivity contribution in [3.8, 4) is 0 Å². The van der Waals surface area contributed by atoms with E-state index in [1.54, 1.807) is 0 Å².